The third-order valence-electron chi connectivity index (χ3n) is 4.92. The molecule has 29 heavy (non-hydrogen) atoms. The van der Waals surface area contributed by atoms with Crippen molar-refractivity contribution in [3.63, 3.8) is 0 Å². The Kier molecular flexibility index (Phi) is 6.76. The van der Waals surface area contributed by atoms with Crippen molar-refractivity contribution in [1.29, 1.82) is 0 Å². The average molecular weight is 417 g/mol. The van der Waals surface area contributed by atoms with Gasteiger partial charge in [-0.2, -0.15) is 4.31 Å². The number of amides is 2. The van der Waals surface area contributed by atoms with E-state index in [1.54, 1.807) is 6.07 Å². The quantitative estimate of drug-likeness (QED) is 0.758. The molecule has 0 bridgehead atoms. The number of sulfonamides is 1. The predicted molar refractivity (Wildman–Crippen MR) is 117 cm³/mol. The maximum Gasteiger partial charge on any atom is 0.319 e. The van der Waals surface area contributed by atoms with Crippen LogP contribution in [-0.4, -0.2) is 57.2 Å². The number of rotatable bonds is 6. The predicted octanol–water partition coefficient (Wildman–Crippen LogP) is 2.58. The first-order valence-corrected chi connectivity index (χ1v) is 11.4. The second kappa shape index (κ2) is 9.28. The summed E-state index contributed by atoms with van der Waals surface area (Å²) in [7, 11) is -3.41. The molecule has 0 saturated carbocycles. The Hall–Kier alpha value is -2.58. The van der Waals surface area contributed by atoms with Gasteiger partial charge in [-0.25, -0.2) is 13.2 Å². The summed E-state index contributed by atoms with van der Waals surface area (Å²) in [6.45, 7) is 6.27. The number of carbonyl (C=O) groups excluding carboxylic acids is 1. The number of benzene rings is 2. The molecule has 0 unspecified atom stereocenters. The van der Waals surface area contributed by atoms with Crippen LogP contribution in [0.3, 0.4) is 0 Å². The number of piperazine rings is 1. The molecule has 0 aromatic heterocycles. The highest BCUT2D eigenvalue weighted by Gasteiger charge is 2.26. The zero-order valence-electron chi connectivity index (χ0n) is 16.9. The van der Waals surface area contributed by atoms with E-state index in [2.05, 4.69) is 21.6 Å². The summed E-state index contributed by atoms with van der Waals surface area (Å²) >= 11 is 0. The molecule has 8 heteroatoms. The topological polar surface area (TPSA) is 81.8 Å². The Morgan fingerprint density at radius 1 is 0.966 bits per heavy atom. The molecule has 2 aromatic rings. The first-order valence-electron chi connectivity index (χ1n) is 9.74. The molecular weight excluding hydrogens is 388 g/mol. The highest BCUT2D eigenvalue weighted by Crippen LogP contribution is 2.19. The van der Waals surface area contributed by atoms with Gasteiger partial charge in [0.2, 0.25) is 10.0 Å². The van der Waals surface area contributed by atoms with Gasteiger partial charge in [-0.05, 0) is 49.2 Å². The van der Waals surface area contributed by atoms with Gasteiger partial charge in [0.25, 0.3) is 0 Å². The Balaban J connectivity index is 1.45. The number of nitrogens with one attached hydrogen (secondary N) is 2. The lowest BCUT2D eigenvalue weighted by Gasteiger charge is -2.35. The number of urea groups is 1. The van der Waals surface area contributed by atoms with E-state index in [1.165, 1.54) is 9.87 Å². The zero-order chi connectivity index (χ0) is 20.9. The van der Waals surface area contributed by atoms with Gasteiger partial charge in [0.05, 0.1) is 5.75 Å². The van der Waals surface area contributed by atoms with Crippen LogP contribution in [0, 0.1) is 13.8 Å². The minimum Gasteiger partial charge on any atom is -0.369 e. The largest absolute Gasteiger partial charge is 0.369 e. The monoisotopic (exact) mass is 416 g/mol. The van der Waals surface area contributed by atoms with E-state index in [0.717, 1.165) is 11.3 Å². The molecule has 0 atom stereocenters. The van der Waals surface area contributed by atoms with E-state index in [4.69, 9.17) is 0 Å². The number of hydrogen-bond donors (Lipinski definition) is 2. The molecule has 2 N–H and O–H groups in total. The number of nitrogens with zero attached hydrogens (tertiary/aromatic N) is 2. The van der Waals surface area contributed by atoms with Gasteiger partial charge in [-0.15, -0.1) is 0 Å². The van der Waals surface area contributed by atoms with E-state index >= 15 is 0 Å². The summed E-state index contributed by atoms with van der Waals surface area (Å²) in [6.07, 6.45) is 0. The van der Waals surface area contributed by atoms with E-state index in [0.29, 0.717) is 31.9 Å². The molecule has 1 heterocycles. The third kappa shape index (κ3) is 5.95. The number of anilines is 2. The van der Waals surface area contributed by atoms with Crippen LogP contribution in [0.4, 0.5) is 16.2 Å². The second-order valence-electron chi connectivity index (χ2n) is 7.29. The standard InChI is InChI=1S/C21H28N4O3S/c1-17-5-3-7-19(15-17)23-21(26)22-9-14-29(27,28)25-12-10-24(11-13-25)20-8-4-6-18(2)16-20/h3-8,15-16H,9-14H2,1-2H3,(H2,22,23,26). The van der Waals surface area contributed by atoms with E-state index in [1.807, 2.05) is 50.2 Å². The van der Waals surface area contributed by atoms with Crippen LogP contribution in [0.15, 0.2) is 48.5 Å². The fraction of sp³-hybridized carbons (Fsp3) is 0.381. The first kappa shape index (κ1) is 21.1. The van der Waals surface area contributed by atoms with Crippen LogP contribution in [-0.2, 0) is 10.0 Å². The van der Waals surface area contributed by atoms with Crippen molar-refractivity contribution in [3.8, 4) is 0 Å². The normalized spacial score (nSPS) is 15.2. The lowest BCUT2D eigenvalue weighted by atomic mass is 10.2. The summed E-state index contributed by atoms with van der Waals surface area (Å²) in [4.78, 5) is 14.2. The van der Waals surface area contributed by atoms with Gasteiger partial charge in [-0.1, -0.05) is 24.3 Å². The fourth-order valence-electron chi connectivity index (χ4n) is 3.37. The van der Waals surface area contributed by atoms with Crippen molar-refractivity contribution >= 4 is 27.4 Å². The fourth-order valence-corrected chi connectivity index (χ4v) is 4.71. The Morgan fingerprint density at radius 3 is 2.28 bits per heavy atom. The molecule has 1 aliphatic heterocycles. The molecule has 1 fully saturated rings. The molecule has 0 radical (unpaired) electrons. The van der Waals surface area contributed by atoms with Gasteiger partial charge in [-0.3, -0.25) is 0 Å². The number of aryl methyl sites for hydroxylation is 2. The van der Waals surface area contributed by atoms with Crippen molar-refractivity contribution in [3.05, 3.63) is 59.7 Å². The van der Waals surface area contributed by atoms with E-state index in [-0.39, 0.29) is 12.3 Å². The molecule has 1 aliphatic rings. The van der Waals surface area contributed by atoms with Crippen molar-refractivity contribution < 1.29 is 13.2 Å². The minimum absolute atomic E-state index is 0.0675. The lowest BCUT2D eigenvalue weighted by molar-refractivity contribution is 0.252. The molecule has 0 spiro atoms. The highest BCUT2D eigenvalue weighted by atomic mass is 32.2. The molecule has 0 aliphatic carbocycles. The summed E-state index contributed by atoms with van der Waals surface area (Å²) < 4.78 is 26.7. The molecule has 2 aromatic carbocycles. The Labute approximate surface area is 172 Å². The first-order chi connectivity index (χ1) is 13.8. The summed E-state index contributed by atoms with van der Waals surface area (Å²) in [5.74, 6) is -0.112. The van der Waals surface area contributed by atoms with Crippen molar-refractivity contribution in [2.75, 3.05) is 48.7 Å². The lowest BCUT2D eigenvalue weighted by Crippen LogP contribution is -2.50. The van der Waals surface area contributed by atoms with Crippen molar-refractivity contribution in [2.24, 2.45) is 0 Å². The van der Waals surface area contributed by atoms with Crippen LogP contribution in [0.5, 0.6) is 0 Å². The van der Waals surface area contributed by atoms with Gasteiger partial charge >= 0.3 is 6.03 Å². The third-order valence-corrected chi connectivity index (χ3v) is 6.79. The number of hydrogen-bond acceptors (Lipinski definition) is 4. The molecule has 3 rings (SSSR count). The average Bonchev–Trinajstić information content (AvgIpc) is 2.68. The molecule has 2 amide bonds. The van der Waals surface area contributed by atoms with Crippen LogP contribution in [0.1, 0.15) is 11.1 Å². The van der Waals surface area contributed by atoms with Gasteiger partial charge < -0.3 is 15.5 Å². The highest BCUT2D eigenvalue weighted by molar-refractivity contribution is 7.89. The van der Waals surface area contributed by atoms with E-state index in [9.17, 15) is 13.2 Å². The summed E-state index contributed by atoms with van der Waals surface area (Å²) in [6, 6.07) is 15.2. The van der Waals surface area contributed by atoms with Crippen LogP contribution in [0.2, 0.25) is 0 Å². The molecule has 156 valence electrons. The zero-order valence-corrected chi connectivity index (χ0v) is 17.7. The SMILES string of the molecule is Cc1cccc(NC(=O)NCCS(=O)(=O)N2CCN(c3cccc(C)c3)CC2)c1. The molecule has 7 nitrogen and oxygen atoms in total. The van der Waals surface area contributed by atoms with Crippen LogP contribution in [0.25, 0.3) is 0 Å². The maximum atomic E-state index is 12.6. The van der Waals surface area contributed by atoms with E-state index < -0.39 is 16.1 Å². The van der Waals surface area contributed by atoms with Crippen molar-refractivity contribution in [1.82, 2.24) is 9.62 Å². The second-order valence-corrected chi connectivity index (χ2v) is 9.38. The summed E-state index contributed by atoms with van der Waals surface area (Å²) in [5, 5.41) is 5.33. The maximum absolute atomic E-state index is 12.6. The van der Waals surface area contributed by atoms with Crippen LogP contribution >= 0.6 is 0 Å². The van der Waals surface area contributed by atoms with Crippen LogP contribution < -0.4 is 15.5 Å². The molecule has 1 saturated heterocycles. The Bertz CT molecular complexity index is 954. The Morgan fingerprint density at radius 2 is 1.62 bits per heavy atom. The van der Waals surface area contributed by atoms with Gasteiger partial charge in [0.1, 0.15) is 0 Å². The number of carbonyl (C=O) groups is 1. The minimum atomic E-state index is -3.41. The van der Waals surface area contributed by atoms with Gasteiger partial charge in [0.15, 0.2) is 0 Å². The van der Waals surface area contributed by atoms with Crippen molar-refractivity contribution in [2.45, 2.75) is 13.8 Å². The van der Waals surface area contributed by atoms with Gasteiger partial charge in [0, 0.05) is 44.1 Å². The smallest absolute Gasteiger partial charge is 0.319 e. The summed E-state index contributed by atoms with van der Waals surface area (Å²) in [5.41, 5.74) is 4.02. The molecular formula is C21H28N4O3S.